The van der Waals surface area contributed by atoms with Crippen LogP contribution in [0.5, 0.6) is 0 Å². The van der Waals surface area contributed by atoms with Gasteiger partial charge in [0.2, 0.25) is 0 Å². The zero-order valence-electron chi connectivity index (χ0n) is 21.0. The molecule has 10 heteroatoms. The number of imidazole rings is 1. The van der Waals surface area contributed by atoms with Gasteiger partial charge >= 0.3 is 0 Å². The summed E-state index contributed by atoms with van der Waals surface area (Å²) in [6.45, 7) is 0. The molecular formula is C29H26FN7OS. The zero-order chi connectivity index (χ0) is 26.3. The van der Waals surface area contributed by atoms with E-state index in [1.54, 1.807) is 29.9 Å². The average Bonchev–Trinajstić information content (AvgIpc) is 3.73. The van der Waals surface area contributed by atoms with Crippen LogP contribution < -0.4 is 5.32 Å². The first-order valence-corrected chi connectivity index (χ1v) is 14.0. The van der Waals surface area contributed by atoms with Gasteiger partial charge in [-0.25, -0.2) is 9.37 Å². The Hall–Kier alpha value is -4.15. The highest BCUT2D eigenvalue weighted by atomic mass is 32.1. The fourth-order valence-corrected chi connectivity index (χ4v) is 6.21. The SMILES string of the molecule is OC(Nc1cncc(-c2cc(F)c3n[nH]c(-c4nc5c(-c6cccs6)nccc5[nH]4)c3c2)c1)C1CCCCC1. The topological polar surface area (TPSA) is 115 Å². The van der Waals surface area contributed by atoms with E-state index in [-0.39, 0.29) is 11.4 Å². The van der Waals surface area contributed by atoms with Crippen LogP contribution in [0.1, 0.15) is 32.1 Å². The van der Waals surface area contributed by atoms with Crippen LogP contribution in [-0.4, -0.2) is 41.5 Å². The Bertz CT molecular complexity index is 1770. The minimum absolute atomic E-state index is 0.226. The van der Waals surface area contributed by atoms with Crippen molar-refractivity contribution in [1.82, 2.24) is 30.1 Å². The van der Waals surface area contributed by atoms with E-state index in [4.69, 9.17) is 4.98 Å². The van der Waals surface area contributed by atoms with E-state index in [1.807, 2.05) is 35.7 Å². The number of fused-ring (bicyclic) bond motifs is 2. The van der Waals surface area contributed by atoms with Crippen molar-refractivity contribution in [2.45, 2.75) is 38.3 Å². The molecule has 1 atom stereocenters. The molecule has 1 fully saturated rings. The highest BCUT2D eigenvalue weighted by Crippen LogP contribution is 2.35. The number of H-pyrrole nitrogens is 2. The van der Waals surface area contributed by atoms with Gasteiger partial charge in [-0.2, -0.15) is 5.10 Å². The Balaban J connectivity index is 1.25. The summed E-state index contributed by atoms with van der Waals surface area (Å²) in [7, 11) is 0. The van der Waals surface area contributed by atoms with E-state index in [9.17, 15) is 5.11 Å². The van der Waals surface area contributed by atoms with Gasteiger partial charge in [-0.15, -0.1) is 11.3 Å². The Labute approximate surface area is 227 Å². The van der Waals surface area contributed by atoms with Crippen molar-refractivity contribution in [3.63, 3.8) is 0 Å². The third-order valence-electron chi connectivity index (χ3n) is 7.49. The van der Waals surface area contributed by atoms with Gasteiger partial charge in [-0.1, -0.05) is 25.3 Å². The second-order valence-corrected chi connectivity index (χ2v) is 11.0. The van der Waals surface area contributed by atoms with Crippen LogP contribution in [0.15, 0.2) is 60.4 Å². The minimum atomic E-state index is -0.635. The molecule has 0 bridgehead atoms. The molecule has 5 heterocycles. The molecule has 0 aliphatic heterocycles. The predicted octanol–water partition coefficient (Wildman–Crippen LogP) is 6.74. The van der Waals surface area contributed by atoms with Crippen molar-refractivity contribution in [2.24, 2.45) is 5.92 Å². The van der Waals surface area contributed by atoms with Gasteiger partial charge < -0.3 is 15.4 Å². The lowest BCUT2D eigenvalue weighted by Crippen LogP contribution is -2.30. The summed E-state index contributed by atoms with van der Waals surface area (Å²) in [5.41, 5.74) is 5.29. The number of hydrogen-bond acceptors (Lipinski definition) is 7. The number of hydrogen-bond donors (Lipinski definition) is 4. The van der Waals surface area contributed by atoms with E-state index in [0.717, 1.165) is 52.9 Å². The van der Waals surface area contributed by atoms with Crippen LogP contribution in [0, 0.1) is 11.7 Å². The minimum Gasteiger partial charge on any atom is -0.374 e. The van der Waals surface area contributed by atoms with Crippen LogP contribution in [0.2, 0.25) is 0 Å². The third kappa shape index (κ3) is 4.45. The van der Waals surface area contributed by atoms with E-state index >= 15 is 4.39 Å². The summed E-state index contributed by atoms with van der Waals surface area (Å²) in [6, 6.07) is 11.1. The van der Waals surface area contributed by atoms with Crippen molar-refractivity contribution < 1.29 is 9.50 Å². The maximum atomic E-state index is 15.3. The van der Waals surface area contributed by atoms with Gasteiger partial charge in [0.25, 0.3) is 0 Å². The molecule has 1 aliphatic carbocycles. The number of aliphatic hydroxyl groups excluding tert-OH is 1. The molecule has 1 aliphatic rings. The predicted molar refractivity (Wildman–Crippen MR) is 152 cm³/mol. The Kier molecular flexibility index (Phi) is 6.05. The summed E-state index contributed by atoms with van der Waals surface area (Å²) in [6.07, 6.45) is 10.0. The number of nitrogens with zero attached hydrogens (tertiary/aromatic N) is 4. The molecule has 0 radical (unpaired) electrons. The smallest absolute Gasteiger partial charge is 0.157 e. The Morgan fingerprint density at radius 1 is 1.05 bits per heavy atom. The second-order valence-electron chi connectivity index (χ2n) is 10.0. The maximum Gasteiger partial charge on any atom is 0.157 e. The quantitative estimate of drug-likeness (QED) is 0.174. The van der Waals surface area contributed by atoms with Gasteiger partial charge in [-0.3, -0.25) is 15.1 Å². The number of thiophene rings is 1. The van der Waals surface area contributed by atoms with Crippen molar-refractivity contribution in [2.75, 3.05) is 5.32 Å². The number of pyridine rings is 2. The molecular weight excluding hydrogens is 513 g/mol. The van der Waals surface area contributed by atoms with Crippen molar-refractivity contribution in [3.05, 3.63) is 66.2 Å². The molecule has 0 amide bonds. The number of anilines is 1. The molecule has 0 saturated heterocycles. The fraction of sp³-hybridized carbons (Fsp3) is 0.241. The molecule has 0 spiro atoms. The lowest BCUT2D eigenvalue weighted by Gasteiger charge is -2.27. The Morgan fingerprint density at radius 2 is 1.95 bits per heavy atom. The number of aromatic nitrogens is 6. The van der Waals surface area contributed by atoms with Gasteiger partial charge in [0.15, 0.2) is 11.6 Å². The molecule has 1 aromatic carbocycles. The van der Waals surface area contributed by atoms with Gasteiger partial charge in [0, 0.05) is 29.3 Å². The normalized spacial score (nSPS) is 15.2. The average molecular weight is 540 g/mol. The molecule has 6 aromatic rings. The number of aromatic amines is 2. The first-order chi connectivity index (χ1) is 19.1. The highest BCUT2D eigenvalue weighted by molar-refractivity contribution is 7.13. The summed E-state index contributed by atoms with van der Waals surface area (Å²) >= 11 is 1.60. The summed E-state index contributed by atoms with van der Waals surface area (Å²) in [5.74, 6) is 0.339. The van der Waals surface area contributed by atoms with E-state index in [0.29, 0.717) is 28.2 Å². The van der Waals surface area contributed by atoms with E-state index < -0.39 is 12.0 Å². The number of rotatable bonds is 6. The lowest BCUT2D eigenvalue weighted by molar-refractivity contribution is 0.109. The first kappa shape index (κ1) is 23.9. The van der Waals surface area contributed by atoms with Crippen LogP contribution in [0.3, 0.4) is 0 Å². The van der Waals surface area contributed by atoms with E-state index in [1.165, 1.54) is 12.5 Å². The molecule has 5 aromatic heterocycles. The van der Waals surface area contributed by atoms with Crippen LogP contribution in [-0.2, 0) is 0 Å². The molecule has 1 unspecified atom stereocenters. The third-order valence-corrected chi connectivity index (χ3v) is 8.36. The van der Waals surface area contributed by atoms with Crippen molar-refractivity contribution in [3.8, 4) is 33.2 Å². The maximum absolute atomic E-state index is 15.3. The molecule has 7 rings (SSSR count). The summed E-state index contributed by atoms with van der Waals surface area (Å²) in [4.78, 5) is 18.1. The number of aliphatic hydroxyl groups is 1. The molecule has 1 saturated carbocycles. The van der Waals surface area contributed by atoms with Crippen molar-refractivity contribution in [1.29, 1.82) is 0 Å². The second kappa shape index (κ2) is 9.87. The lowest BCUT2D eigenvalue weighted by atomic mass is 9.88. The standard InChI is InChI=1S/C29H26FN7OS/c30-21-13-17(18-11-19(15-31-14-18)33-29(38)16-5-2-1-3-6-16)12-20-24(21)36-37-25(20)28-34-22-8-9-32-27(26(22)35-28)23-7-4-10-39-23/h4,7-16,29,33,38H,1-3,5-6H2,(H,34,35)(H,36,37). The molecule has 196 valence electrons. The molecule has 4 N–H and O–H groups in total. The summed E-state index contributed by atoms with van der Waals surface area (Å²) < 4.78 is 15.3. The van der Waals surface area contributed by atoms with Gasteiger partial charge in [-0.05, 0) is 54.1 Å². The van der Waals surface area contributed by atoms with Crippen molar-refractivity contribution >= 4 is 39.0 Å². The number of halogens is 1. The Morgan fingerprint density at radius 3 is 2.79 bits per heavy atom. The number of nitrogens with one attached hydrogen (secondary N) is 3. The highest BCUT2D eigenvalue weighted by Gasteiger charge is 2.22. The zero-order valence-corrected chi connectivity index (χ0v) is 21.8. The van der Waals surface area contributed by atoms with Gasteiger partial charge in [0.1, 0.15) is 28.6 Å². The van der Waals surface area contributed by atoms with Crippen LogP contribution >= 0.6 is 11.3 Å². The molecule has 8 nitrogen and oxygen atoms in total. The monoisotopic (exact) mass is 539 g/mol. The van der Waals surface area contributed by atoms with Crippen LogP contribution in [0.25, 0.3) is 55.2 Å². The molecule has 39 heavy (non-hydrogen) atoms. The fourth-order valence-electron chi connectivity index (χ4n) is 5.49. The van der Waals surface area contributed by atoms with Gasteiger partial charge in [0.05, 0.1) is 22.3 Å². The first-order valence-electron chi connectivity index (χ1n) is 13.1. The summed E-state index contributed by atoms with van der Waals surface area (Å²) in [5, 5.41) is 23.8. The van der Waals surface area contributed by atoms with E-state index in [2.05, 4.69) is 30.5 Å². The largest absolute Gasteiger partial charge is 0.374 e. The number of benzene rings is 1. The van der Waals surface area contributed by atoms with Crippen LogP contribution in [0.4, 0.5) is 10.1 Å².